The molecule has 3 N–H and O–H groups in total. The zero-order chi connectivity index (χ0) is 20.6. The minimum atomic E-state index is -0.533. The van der Waals surface area contributed by atoms with E-state index in [4.69, 9.17) is 0 Å². The van der Waals surface area contributed by atoms with E-state index in [0.717, 1.165) is 36.1 Å². The summed E-state index contributed by atoms with van der Waals surface area (Å²) >= 11 is 0. The minimum Gasteiger partial charge on any atom is -0.354 e. The molecule has 8 nitrogen and oxygen atoms in total. The third-order valence-corrected chi connectivity index (χ3v) is 5.18. The summed E-state index contributed by atoms with van der Waals surface area (Å²) in [6, 6.07) is 9.17. The van der Waals surface area contributed by atoms with Crippen molar-refractivity contribution in [1.29, 1.82) is 0 Å². The molecule has 3 rings (SSSR count). The molecule has 0 spiro atoms. The maximum absolute atomic E-state index is 12.2. The monoisotopic (exact) mass is 398 g/mol. The number of carbonyl (C=O) groups excluding carboxylic acids is 4. The standard InChI is InChI=1S/C21H26N4O4/c26-18(10-9-15-5-2-1-3-6-15)24-17-8-4-7-16(11-17)12-22-19(27)14-25-20(28)13-23-21(25)29/h1-3,5-6,9-10,16-17H,4,7-8,11-14H2,(H,22,27)(H,23,29)(H,24,26)/t16-,17+/m1/s1. The number of carbonyl (C=O) groups is 4. The molecule has 0 radical (unpaired) electrons. The lowest BCUT2D eigenvalue weighted by molar-refractivity contribution is -0.130. The molecule has 0 unspecified atom stereocenters. The number of rotatable bonds is 7. The first-order valence-corrected chi connectivity index (χ1v) is 9.90. The summed E-state index contributed by atoms with van der Waals surface area (Å²) < 4.78 is 0. The molecule has 8 heteroatoms. The predicted octanol–water partition coefficient (Wildman–Crippen LogP) is 1.04. The number of hydrogen-bond donors (Lipinski definition) is 3. The van der Waals surface area contributed by atoms with Gasteiger partial charge in [-0.25, -0.2) is 4.79 Å². The first-order valence-electron chi connectivity index (χ1n) is 9.90. The van der Waals surface area contributed by atoms with E-state index in [2.05, 4.69) is 16.0 Å². The highest BCUT2D eigenvalue weighted by molar-refractivity contribution is 6.04. The van der Waals surface area contributed by atoms with Crippen molar-refractivity contribution in [2.24, 2.45) is 5.92 Å². The molecule has 2 atom stereocenters. The van der Waals surface area contributed by atoms with Crippen LogP contribution in [0.4, 0.5) is 4.79 Å². The summed E-state index contributed by atoms with van der Waals surface area (Å²) in [5, 5.41) is 8.22. The number of nitrogens with one attached hydrogen (secondary N) is 3. The summed E-state index contributed by atoms with van der Waals surface area (Å²) in [4.78, 5) is 48.1. The Morgan fingerprint density at radius 1 is 1.17 bits per heavy atom. The Hall–Kier alpha value is -3.16. The molecule has 1 aliphatic carbocycles. The first kappa shape index (κ1) is 20.6. The summed E-state index contributed by atoms with van der Waals surface area (Å²) in [5.74, 6) is -0.622. The lowest BCUT2D eigenvalue weighted by Crippen LogP contribution is -2.44. The quantitative estimate of drug-likeness (QED) is 0.471. The molecule has 1 saturated carbocycles. The van der Waals surface area contributed by atoms with Gasteiger partial charge in [-0.2, -0.15) is 0 Å². The van der Waals surface area contributed by atoms with Crippen molar-refractivity contribution in [2.45, 2.75) is 31.7 Å². The minimum absolute atomic E-state index is 0.0607. The molecule has 1 aromatic rings. The van der Waals surface area contributed by atoms with E-state index in [-0.39, 0.29) is 36.9 Å². The van der Waals surface area contributed by atoms with Gasteiger partial charge >= 0.3 is 6.03 Å². The van der Waals surface area contributed by atoms with E-state index in [1.807, 2.05) is 30.3 Å². The van der Waals surface area contributed by atoms with E-state index in [1.165, 1.54) is 0 Å². The summed E-state index contributed by atoms with van der Waals surface area (Å²) in [6.07, 6.45) is 6.97. The smallest absolute Gasteiger partial charge is 0.325 e. The molecule has 154 valence electrons. The summed E-state index contributed by atoms with van der Waals surface area (Å²) in [5.41, 5.74) is 0.969. The van der Waals surface area contributed by atoms with Crippen LogP contribution in [0, 0.1) is 5.92 Å². The van der Waals surface area contributed by atoms with Gasteiger partial charge in [0.2, 0.25) is 11.8 Å². The average molecular weight is 398 g/mol. The van der Waals surface area contributed by atoms with Crippen LogP contribution < -0.4 is 16.0 Å². The van der Waals surface area contributed by atoms with Crippen molar-refractivity contribution >= 4 is 29.8 Å². The number of hydrogen-bond acceptors (Lipinski definition) is 4. The van der Waals surface area contributed by atoms with Gasteiger partial charge in [0.15, 0.2) is 0 Å². The van der Waals surface area contributed by atoms with Crippen molar-refractivity contribution in [3.8, 4) is 0 Å². The van der Waals surface area contributed by atoms with E-state index >= 15 is 0 Å². The zero-order valence-electron chi connectivity index (χ0n) is 16.2. The highest BCUT2D eigenvalue weighted by atomic mass is 16.2. The van der Waals surface area contributed by atoms with E-state index in [9.17, 15) is 19.2 Å². The van der Waals surface area contributed by atoms with Crippen LogP contribution in [0.15, 0.2) is 36.4 Å². The SMILES string of the molecule is O=C(C=Cc1ccccc1)N[C@H]1CCC[C@@H](CNC(=O)CN2C(=O)CNC2=O)C1. The van der Waals surface area contributed by atoms with Crippen molar-refractivity contribution in [1.82, 2.24) is 20.9 Å². The highest BCUT2D eigenvalue weighted by Crippen LogP contribution is 2.23. The van der Waals surface area contributed by atoms with Gasteiger partial charge in [0, 0.05) is 18.7 Å². The second kappa shape index (κ2) is 9.86. The van der Waals surface area contributed by atoms with Crippen LogP contribution in [0.5, 0.6) is 0 Å². The Bertz CT molecular complexity index is 777. The number of imide groups is 1. The Morgan fingerprint density at radius 3 is 2.69 bits per heavy atom. The fourth-order valence-electron chi connectivity index (χ4n) is 3.67. The fraction of sp³-hybridized carbons (Fsp3) is 0.429. The Balaban J connectivity index is 1.40. The highest BCUT2D eigenvalue weighted by Gasteiger charge is 2.30. The van der Waals surface area contributed by atoms with Gasteiger partial charge in [0.05, 0.1) is 6.54 Å². The van der Waals surface area contributed by atoms with Gasteiger partial charge in [-0.05, 0) is 36.8 Å². The van der Waals surface area contributed by atoms with E-state index < -0.39 is 11.9 Å². The van der Waals surface area contributed by atoms with E-state index in [0.29, 0.717) is 6.54 Å². The normalized spacial score (nSPS) is 21.9. The number of benzene rings is 1. The summed E-state index contributed by atoms with van der Waals surface area (Å²) in [7, 11) is 0. The molecule has 2 fully saturated rings. The maximum Gasteiger partial charge on any atom is 0.325 e. The van der Waals surface area contributed by atoms with Gasteiger partial charge < -0.3 is 16.0 Å². The summed E-state index contributed by atoms with van der Waals surface area (Å²) in [6.45, 7) is 0.144. The average Bonchev–Trinajstić information content (AvgIpc) is 3.04. The van der Waals surface area contributed by atoms with Crippen LogP contribution in [0.25, 0.3) is 6.08 Å². The zero-order valence-corrected chi connectivity index (χ0v) is 16.2. The lowest BCUT2D eigenvalue weighted by atomic mass is 9.85. The topological polar surface area (TPSA) is 108 Å². The van der Waals surface area contributed by atoms with Gasteiger partial charge in [0.1, 0.15) is 6.54 Å². The number of nitrogens with zero attached hydrogens (tertiary/aromatic N) is 1. The number of amides is 5. The first-order chi connectivity index (χ1) is 14.0. The molecule has 0 aromatic heterocycles. The Labute approximate surface area is 169 Å². The molecular weight excluding hydrogens is 372 g/mol. The van der Waals surface area contributed by atoms with Gasteiger partial charge in [-0.1, -0.05) is 36.8 Å². The number of urea groups is 1. The third-order valence-electron chi connectivity index (χ3n) is 5.18. The van der Waals surface area contributed by atoms with Crippen molar-refractivity contribution in [3.05, 3.63) is 42.0 Å². The van der Waals surface area contributed by atoms with Crippen LogP contribution in [0.1, 0.15) is 31.2 Å². The predicted molar refractivity (Wildman–Crippen MR) is 107 cm³/mol. The fourth-order valence-corrected chi connectivity index (χ4v) is 3.67. The second-order valence-electron chi connectivity index (χ2n) is 7.42. The maximum atomic E-state index is 12.2. The second-order valence-corrected chi connectivity index (χ2v) is 7.42. The van der Waals surface area contributed by atoms with Gasteiger partial charge in [-0.3, -0.25) is 19.3 Å². The van der Waals surface area contributed by atoms with Crippen molar-refractivity contribution in [2.75, 3.05) is 19.6 Å². The molecule has 1 aliphatic heterocycles. The molecule has 0 bridgehead atoms. The third kappa shape index (κ3) is 6.17. The molecule has 1 saturated heterocycles. The largest absolute Gasteiger partial charge is 0.354 e. The molecular formula is C21H26N4O4. The van der Waals surface area contributed by atoms with Crippen LogP contribution in [-0.4, -0.2) is 54.3 Å². The lowest BCUT2D eigenvalue weighted by Gasteiger charge is -2.29. The van der Waals surface area contributed by atoms with Gasteiger partial charge in [-0.15, -0.1) is 0 Å². The van der Waals surface area contributed by atoms with Crippen molar-refractivity contribution in [3.63, 3.8) is 0 Å². The molecule has 5 amide bonds. The molecule has 2 aliphatic rings. The van der Waals surface area contributed by atoms with Crippen LogP contribution in [-0.2, 0) is 14.4 Å². The molecule has 29 heavy (non-hydrogen) atoms. The Kier molecular flexibility index (Phi) is 6.99. The molecule has 1 aromatic carbocycles. The van der Waals surface area contributed by atoms with Crippen molar-refractivity contribution < 1.29 is 19.2 Å². The van der Waals surface area contributed by atoms with Crippen LogP contribution in [0.2, 0.25) is 0 Å². The Morgan fingerprint density at radius 2 is 1.97 bits per heavy atom. The van der Waals surface area contributed by atoms with Gasteiger partial charge in [0.25, 0.3) is 5.91 Å². The van der Waals surface area contributed by atoms with Crippen LogP contribution in [0.3, 0.4) is 0 Å². The van der Waals surface area contributed by atoms with Crippen LogP contribution >= 0.6 is 0 Å². The molecule has 1 heterocycles. The van der Waals surface area contributed by atoms with E-state index in [1.54, 1.807) is 12.2 Å².